The largest absolute Gasteiger partial charge is 0.395 e. The number of benzene rings is 1. The lowest BCUT2D eigenvalue weighted by atomic mass is 10.2. The van der Waals surface area contributed by atoms with Crippen LogP contribution in [0.1, 0.15) is 25.8 Å². The van der Waals surface area contributed by atoms with Crippen LogP contribution in [0.2, 0.25) is 0 Å². The summed E-state index contributed by atoms with van der Waals surface area (Å²) in [5, 5.41) is 8.71. The molecule has 0 saturated heterocycles. The van der Waals surface area contributed by atoms with E-state index in [9.17, 15) is 8.42 Å². The molecule has 0 unspecified atom stereocenters. The minimum atomic E-state index is -3.50. The third kappa shape index (κ3) is 3.80. The van der Waals surface area contributed by atoms with E-state index in [1.807, 2.05) is 0 Å². The lowest BCUT2D eigenvalue weighted by molar-refractivity contribution is 0.305. The maximum atomic E-state index is 12.5. The second kappa shape index (κ2) is 7.29. The molecular formula is C14H19NO3S. The van der Waals surface area contributed by atoms with Gasteiger partial charge in [0.25, 0.3) is 0 Å². The van der Waals surface area contributed by atoms with Crippen molar-refractivity contribution in [3.8, 4) is 11.8 Å². The molecule has 1 aromatic rings. The first-order valence-electron chi connectivity index (χ1n) is 6.26. The van der Waals surface area contributed by atoms with Gasteiger partial charge in [-0.1, -0.05) is 37.8 Å². The van der Waals surface area contributed by atoms with Crippen molar-refractivity contribution in [3.63, 3.8) is 0 Å². The van der Waals surface area contributed by atoms with Gasteiger partial charge >= 0.3 is 0 Å². The van der Waals surface area contributed by atoms with Gasteiger partial charge in [0.05, 0.1) is 11.5 Å². The number of aliphatic hydroxyl groups is 1. The number of hydrogen-bond acceptors (Lipinski definition) is 3. The Kier molecular flexibility index (Phi) is 6.03. The second-order valence-electron chi connectivity index (χ2n) is 3.86. The fraction of sp³-hybridized carbons (Fsp3) is 0.429. The van der Waals surface area contributed by atoms with E-state index in [1.54, 1.807) is 38.1 Å². The molecule has 1 N–H and O–H groups in total. The fourth-order valence-electron chi connectivity index (χ4n) is 1.71. The highest BCUT2D eigenvalue weighted by molar-refractivity contribution is 7.89. The molecule has 0 bridgehead atoms. The molecule has 0 radical (unpaired) electrons. The van der Waals surface area contributed by atoms with Crippen LogP contribution in [-0.2, 0) is 10.0 Å². The normalized spacial score (nSPS) is 11.2. The Bertz CT molecular complexity index is 566. The molecule has 0 aliphatic heterocycles. The van der Waals surface area contributed by atoms with E-state index >= 15 is 0 Å². The van der Waals surface area contributed by atoms with Crippen molar-refractivity contribution in [1.29, 1.82) is 0 Å². The van der Waals surface area contributed by atoms with Crippen molar-refractivity contribution in [2.75, 3.05) is 19.7 Å². The molecule has 1 rings (SSSR count). The molecule has 0 heterocycles. The van der Waals surface area contributed by atoms with E-state index in [4.69, 9.17) is 5.11 Å². The topological polar surface area (TPSA) is 57.6 Å². The summed E-state index contributed by atoms with van der Waals surface area (Å²) in [6.07, 6.45) is 0.333. The molecule has 0 fully saturated rings. The summed E-state index contributed by atoms with van der Waals surface area (Å²) >= 11 is 0. The lowest BCUT2D eigenvalue weighted by Gasteiger charge is -2.19. The molecule has 4 nitrogen and oxygen atoms in total. The highest BCUT2D eigenvalue weighted by Gasteiger charge is 2.23. The number of hydrogen-bond donors (Lipinski definition) is 1. The predicted molar refractivity (Wildman–Crippen MR) is 75.1 cm³/mol. The Labute approximate surface area is 115 Å². The van der Waals surface area contributed by atoms with Gasteiger partial charge in [-0.3, -0.25) is 0 Å². The summed E-state index contributed by atoms with van der Waals surface area (Å²) in [6, 6.07) is 6.69. The zero-order valence-corrected chi connectivity index (χ0v) is 12.1. The predicted octanol–water partition coefficient (Wildman–Crippen LogP) is 1.45. The van der Waals surface area contributed by atoms with Crippen LogP contribution in [0, 0.1) is 11.8 Å². The molecule has 0 amide bonds. The first-order chi connectivity index (χ1) is 9.07. The Morgan fingerprint density at radius 2 is 1.84 bits per heavy atom. The molecule has 0 saturated carbocycles. The van der Waals surface area contributed by atoms with Gasteiger partial charge in [-0.2, -0.15) is 4.31 Å². The summed E-state index contributed by atoms with van der Waals surface area (Å²) in [6.45, 7) is 4.44. The van der Waals surface area contributed by atoms with Crippen LogP contribution in [0.5, 0.6) is 0 Å². The van der Waals surface area contributed by atoms with Crippen molar-refractivity contribution >= 4 is 10.0 Å². The molecule has 0 atom stereocenters. The molecular weight excluding hydrogens is 262 g/mol. The minimum absolute atomic E-state index is 0.0298. The molecule has 5 heteroatoms. The molecule has 0 spiro atoms. The van der Waals surface area contributed by atoms with Crippen LogP contribution in [-0.4, -0.2) is 37.5 Å². The molecule has 19 heavy (non-hydrogen) atoms. The average Bonchev–Trinajstić information content (AvgIpc) is 2.40. The molecule has 0 aliphatic carbocycles. The highest BCUT2D eigenvalue weighted by atomic mass is 32.2. The Morgan fingerprint density at radius 1 is 1.21 bits per heavy atom. The van der Waals surface area contributed by atoms with E-state index < -0.39 is 10.0 Å². The molecule has 0 aliphatic rings. The van der Waals surface area contributed by atoms with Crippen LogP contribution in [0.25, 0.3) is 0 Å². The summed E-state index contributed by atoms with van der Waals surface area (Å²) < 4.78 is 26.3. The number of nitrogens with zero attached hydrogens (tertiary/aromatic N) is 1. The minimum Gasteiger partial charge on any atom is -0.395 e. The first kappa shape index (κ1) is 15.7. The Balaban J connectivity index is 3.25. The van der Waals surface area contributed by atoms with Crippen LogP contribution in [0.4, 0.5) is 0 Å². The summed E-state index contributed by atoms with van der Waals surface area (Å²) in [5.41, 5.74) is 0.475. The zero-order chi connectivity index (χ0) is 14.3. The maximum absolute atomic E-state index is 12.5. The quantitative estimate of drug-likeness (QED) is 0.831. The lowest BCUT2D eigenvalue weighted by Crippen LogP contribution is -2.31. The average molecular weight is 281 g/mol. The number of rotatable bonds is 5. The van der Waals surface area contributed by atoms with Crippen LogP contribution >= 0.6 is 0 Å². The summed E-state index contributed by atoms with van der Waals surface area (Å²) in [4.78, 5) is 0.226. The van der Waals surface area contributed by atoms with Gasteiger partial charge in [-0.05, 0) is 12.1 Å². The fourth-order valence-corrected chi connectivity index (χ4v) is 3.32. The van der Waals surface area contributed by atoms with Crippen LogP contribution < -0.4 is 0 Å². The third-order valence-corrected chi connectivity index (χ3v) is 4.78. The molecule has 1 aromatic carbocycles. The van der Waals surface area contributed by atoms with Gasteiger partial charge in [0.1, 0.15) is 0 Å². The van der Waals surface area contributed by atoms with Gasteiger partial charge in [0, 0.05) is 25.1 Å². The zero-order valence-electron chi connectivity index (χ0n) is 11.3. The van der Waals surface area contributed by atoms with Crippen molar-refractivity contribution in [2.24, 2.45) is 0 Å². The second-order valence-corrected chi connectivity index (χ2v) is 5.77. The van der Waals surface area contributed by atoms with Crippen LogP contribution in [0.15, 0.2) is 29.2 Å². The standard InChI is InChI=1S/C14H19NO3S/c1-3-15(4-2)19(17,18)14-11-6-5-9-13(14)10-7-8-12-16/h5-6,9,11,16H,3-4,8,12H2,1-2H3. The summed E-state index contributed by atoms with van der Waals surface area (Å²) in [7, 11) is -3.50. The number of sulfonamides is 1. The third-order valence-electron chi connectivity index (χ3n) is 2.67. The van der Waals surface area contributed by atoms with Crippen molar-refractivity contribution < 1.29 is 13.5 Å². The van der Waals surface area contributed by atoms with Gasteiger partial charge in [-0.25, -0.2) is 8.42 Å². The van der Waals surface area contributed by atoms with E-state index in [1.165, 1.54) is 4.31 Å². The highest BCUT2D eigenvalue weighted by Crippen LogP contribution is 2.19. The van der Waals surface area contributed by atoms with Crippen molar-refractivity contribution in [2.45, 2.75) is 25.2 Å². The van der Waals surface area contributed by atoms with Gasteiger partial charge in [-0.15, -0.1) is 0 Å². The van der Waals surface area contributed by atoms with Crippen LogP contribution in [0.3, 0.4) is 0 Å². The first-order valence-corrected chi connectivity index (χ1v) is 7.70. The van der Waals surface area contributed by atoms with Gasteiger partial charge in [0.15, 0.2) is 0 Å². The summed E-state index contributed by atoms with van der Waals surface area (Å²) in [5.74, 6) is 5.56. The molecule has 0 aromatic heterocycles. The van der Waals surface area contributed by atoms with Crippen molar-refractivity contribution in [1.82, 2.24) is 4.31 Å². The Morgan fingerprint density at radius 3 is 2.42 bits per heavy atom. The Hall–Kier alpha value is -1.35. The SMILES string of the molecule is CCN(CC)S(=O)(=O)c1ccccc1C#CCCO. The van der Waals surface area contributed by atoms with E-state index in [-0.39, 0.29) is 11.5 Å². The van der Waals surface area contributed by atoms with E-state index in [2.05, 4.69) is 11.8 Å². The maximum Gasteiger partial charge on any atom is 0.244 e. The van der Waals surface area contributed by atoms with Gasteiger partial charge in [0.2, 0.25) is 10.0 Å². The van der Waals surface area contributed by atoms with Gasteiger partial charge < -0.3 is 5.11 Å². The molecule has 104 valence electrons. The number of aliphatic hydroxyl groups excluding tert-OH is 1. The van der Waals surface area contributed by atoms with Crippen molar-refractivity contribution in [3.05, 3.63) is 29.8 Å². The smallest absolute Gasteiger partial charge is 0.244 e. The van der Waals surface area contributed by atoms with E-state index in [0.29, 0.717) is 25.1 Å². The monoisotopic (exact) mass is 281 g/mol. The van der Waals surface area contributed by atoms with E-state index in [0.717, 1.165) is 0 Å².